The number of rotatable bonds is 4. The van der Waals surface area contributed by atoms with Crippen molar-refractivity contribution in [1.29, 1.82) is 0 Å². The largest absolute Gasteiger partial charge is 0.444 e. The molecule has 10 nitrogen and oxygen atoms in total. The summed E-state index contributed by atoms with van der Waals surface area (Å²) in [7, 11) is 2.00. The third-order valence-electron chi connectivity index (χ3n) is 5.15. The summed E-state index contributed by atoms with van der Waals surface area (Å²) >= 11 is 0. The van der Waals surface area contributed by atoms with Crippen LogP contribution in [0.5, 0.6) is 0 Å². The van der Waals surface area contributed by atoms with Gasteiger partial charge in [0.25, 0.3) is 11.8 Å². The Morgan fingerprint density at radius 1 is 1.23 bits per heavy atom. The molecule has 0 bridgehead atoms. The topological polar surface area (TPSA) is 97.1 Å². The number of amides is 1. The van der Waals surface area contributed by atoms with Crippen molar-refractivity contribution in [2.75, 3.05) is 56.2 Å². The Bertz CT molecular complexity index is 883. The summed E-state index contributed by atoms with van der Waals surface area (Å²) in [4.78, 5) is 27.0. The van der Waals surface area contributed by atoms with E-state index in [2.05, 4.69) is 20.0 Å². The summed E-state index contributed by atoms with van der Waals surface area (Å²) < 4.78 is 16.2. The van der Waals surface area contributed by atoms with Crippen LogP contribution in [0.25, 0.3) is 11.5 Å². The van der Waals surface area contributed by atoms with E-state index in [0.717, 1.165) is 11.4 Å². The van der Waals surface area contributed by atoms with E-state index >= 15 is 0 Å². The van der Waals surface area contributed by atoms with E-state index in [1.54, 1.807) is 11.1 Å². The highest BCUT2D eigenvalue weighted by atomic mass is 16.6. The highest BCUT2D eigenvalue weighted by Crippen LogP contribution is 2.25. The van der Waals surface area contributed by atoms with Crippen LogP contribution in [0.4, 0.5) is 16.6 Å². The van der Waals surface area contributed by atoms with Gasteiger partial charge in [-0.1, -0.05) is 0 Å². The zero-order valence-corrected chi connectivity index (χ0v) is 17.9. The average Bonchev–Trinajstić information content (AvgIpc) is 3.16. The second kappa shape index (κ2) is 8.10. The Morgan fingerprint density at radius 3 is 2.60 bits per heavy atom. The average molecular weight is 416 g/mol. The first-order valence-corrected chi connectivity index (χ1v) is 10.1. The standard InChI is InChI=1S/C20H28N6O4/c1-20(2,3)29-19(27)26-9-7-25(8-10-26)18-22-17(30-23-18)14-5-6-21-16(11-14)24(4)15-12-28-13-15/h5-6,11,15H,7-10,12-13H2,1-4H3. The molecule has 2 saturated heterocycles. The van der Waals surface area contributed by atoms with Crippen molar-refractivity contribution in [2.45, 2.75) is 32.4 Å². The molecule has 162 valence electrons. The molecule has 4 heterocycles. The lowest BCUT2D eigenvalue weighted by molar-refractivity contribution is 0.00988. The van der Waals surface area contributed by atoms with Gasteiger partial charge in [0.15, 0.2) is 0 Å². The molecule has 0 atom stereocenters. The number of aromatic nitrogens is 3. The van der Waals surface area contributed by atoms with Crippen molar-refractivity contribution < 1.29 is 18.8 Å². The number of nitrogens with zero attached hydrogens (tertiary/aromatic N) is 6. The molecule has 10 heteroatoms. The van der Waals surface area contributed by atoms with Gasteiger partial charge in [-0.25, -0.2) is 9.78 Å². The molecule has 0 aromatic carbocycles. The number of ether oxygens (including phenoxy) is 2. The minimum atomic E-state index is -0.500. The fourth-order valence-electron chi connectivity index (χ4n) is 3.26. The van der Waals surface area contributed by atoms with E-state index in [4.69, 9.17) is 14.0 Å². The molecule has 2 aromatic heterocycles. The highest BCUT2D eigenvalue weighted by Gasteiger charge is 2.28. The maximum atomic E-state index is 12.2. The van der Waals surface area contributed by atoms with Crippen molar-refractivity contribution in [1.82, 2.24) is 20.0 Å². The van der Waals surface area contributed by atoms with Gasteiger partial charge >= 0.3 is 6.09 Å². The van der Waals surface area contributed by atoms with E-state index < -0.39 is 5.60 Å². The molecule has 0 unspecified atom stereocenters. The molecule has 4 rings (SSSR count). The Hall–Kier alpha value is -2.88. The number of pyridine rings is 1. The summed E-state index contributed by atoms with van der Waals surface area (Å²) in [5.74, 6) is 1.81. The van der Waals surface area contributed by atoms with Crippen LogP contribution < -0.4 is 9.80 Å². The summed E-state index contributed by atoms with van der Waals surface area (Å²) in [6.07, 6.45) is 1.45. The van der Waals surface area contributed by atoms with Crippen LogP contribution in [0.2, 0.25) is 0 Å². The van der Waals surface area contributed by atoms with Crippen LogP contribution in [-0.2, 0) is 9.47 Å². The van der Waals surface area contributed by atoms with Crippen LogP contribution in [-0.4, -0.2) is 84.2 Å². The van der Waals surface area contributed by atoms with Crippen molar-refractivity contribution >= 4 is 17.9 Å². The van der Waals surface area contributed by atoms with Gasteiger partial charge in [-0.3, -0.25) is 0 Å². The van der Waals surface area contributed by atoms with Gasteiger partial charge in [-0.15, -0.1) is 0 Å². The maximum absolute atomic E-state index is 12.2. The second-order valence-corrected chi connectivity index (χ2v) is 8.56. The van der Waals surface area contributed by atoms with Crippen LogP contribution in [0.15, 0.2) is 22.9 Å². The molecular weight excluding hydrogens is 388 g/mol. The van der Waals surface area contributed by atoms with Gasteiger partial charge in [0, 0.05) is 45.0 Å². The van der Waals surface area contributed by atoms with Crippen LogP contribution in [0, 0.1) is 0 Å². The molecule has 0 aliphatic carbocycles. The smallest absolute Gasteiger partial charge is 0.410 e. The van der Waals surface area contributed by atoms with Gasteiger partial charge in [0.1, 0.15) is 11.4 Å². The Morgan fingerprint density at radius 2 is 1.97 bits per heavy atom. The fraction of sp³-hybridized carbons (Fsp3) is 0.600. The zero-order chi connectivity index (χ0) is 21.3. The second-order valence-electron chi connectivity index (χ2n) is 8.56. The first kappa shape index (κ1) is 20.4. The van der Waals surface area contributed by atoms with Crippen molar-refractivity contribution in [2.24, 2.45) is 0 Å². The van der Waals surface area contributed by atoms with Crippen molar-refractivity contribution in [3.05, 3.63) is 18.3 Å². The van der Waals surface area contributed by atoms with Gasteiger partial charge in [0.05, 0.1) is 19.3 Å². The van der Waals surface area contributed by atoms with Crippen LogP contribution >= 0.6 is 0 Å². The minimum Gasteiger partial charge on any atom is -0.444 e. The van der Waals surface area contributed by atoms with Gasteiger partial charge < -0.3 is 28.7 Å². The molecule has 2 aromatic rings. The summed E-state index contributed by atoms with van der Waals surface area (Å²) in [5.41, 5.74) is 0.318. The van der Waals surface area contributed by atoms with Gasteiger partial charge in [0.2, 0.25) is 0 Å². The lowest BCUT2D eigenvalue weighted by atomic mass is 10.2. The molecule has 0 radical (unpaired) electrons. The van der Waals surface area contributed by atoms with Crippen LogP contribution in [0.1, 0.15) is 20.8 Å². The number of piperazine rings is 1. The van der Waals surface area contributed by atoms with E-state index in [1.165, 1.54) is 0 Å². The SMILES string of the molecule is CN(c1cc(-c2nc(N3CCN(C(=O)OC(C)(C)C)CC3)no2)ccn1)C1COC1. The number of carbonyl (C=O) groups excluding carboxylic acids is 1. The Balaban J connectivity index is 1.39. The normalized spacial score (nSPS) is 17.6. The zero-order valence-electron chi connectivity index (χ0n) is 17.9. The molecule has 0 saturated carbocycles. The molecule has 30 heavy (non-hydrogen) atoms. The summed E-state index contributed by atoms with van der Waals surface area (Å²) in [6.45, 7) is 9.34. The molecule has 2 fully saturated rings. The number of anilines is 2. The molecule has 0 N–H and O–H groups in total. The van der Waals surface area contributed by atoms with E-state index in [1.807, 2.05) is 44.9 Å². The molecular formula is C20H28N6O4. The number of carbonyl (C=O) groups is 1. The van der Waals surface area contributed by atoms with Gasteiger partial charge in [-0.05, 0) is 38.1 Å². The maximum Gasteiger partial charge on any atom is 0.410 e. The monoisotopic (exact) mass is 416 g/mol. The Kier molecular flexibility index (Phi) is 5.50. The van der Waals surface area contributed by atoms with Crippen LogP contribution in [0.3, 0.4) is 0 Å². The first-order valence-electron chi connectivity index (χ1n) is 10.1. The fourth-order valence-corrected chi connectivity index (χ4v) is 3.26. The molecule has 2 aliphatic rings. The lowest BCUT2D eigenvalue weighted by Gasteiger charge is -2.35. The molecule has 2 aliphatic heterocycles. The minimum absolute atomic E-state index is 0.291. The molecule has 1 amide bonds. The van der Waals surface area contributed by atoms with Crippen molar-refractivity contribution in [3.8, 4) is 11.5 Å². The Labute approximate surface area is 175 Å². The van der Waals surface area contributed by atoms with E-state index in [9.17, 15) is 4.79 Å². The lowest BCUT2D eigenvalue weighted by Crippen LogP contribution is -2.50. The molecule has 0 spiro atoms. The quantitative estimate of drug-likeness (QED) is 0.741. The van der Waals surface area contributed by atoms with Crippen molar-refractivity contribution in [3.63, 3.8) is 0 Å². The summed E-state index contributed by atoms with van der Waals surface area (Å²) in [6, 6.07) is 4.13. The first-order chi connectivity index (χ1) is 14.3. The van der Waals surface area contributed by atoms with Gasteiger partial charge in [-0.2, -0.15) is 4.98 Å². The predicted molar refractivity (Wildman–Crippen MR) is 111 cm³/mol. The predicted octanol–water partition coefficient (Wildman–Crippen LogP) is 2.02. The summed E-state index contributed by atoms with van der Waals surface area (Å²) in [5, 5.41) is 4.13. The third-order valence-corrected chi connectivity index (χ3v) is 5.15. The van der Waals surface area contributed by atoms with E-state index in [-0.39, 0.29) is 6.09 Å². The number of likely N-dealkylation sites (N-methyl/N-ethyl adjacent to an activating group) is 1. The highest BCUT2D eigenvalue weighted by molar-refractivity contribution is 5.68. The third kappa shape index (κ3) is 4.48. The van der Waals surface area contributed by atoms with E-state index in [0.29, 0.717) is 57.3 Å². The number of hydrogen-bond acceptors (Lipinski definition) is 9. The number of hydrogen-bond donors (Lipinski definition) is 0.